The van der Waals surface area contributed by atoms with Crippen LogP contribution in [-0.4, -0.2) is 31.4 Å². The summed E-state index contributed by atoms with van der Waals surface area (Å²) >= 11 is 0. The monoisotopic (exact) mass is 322 g/mol. The van der Waals surface area contributed by atoms with E-state index in [9.17, 15) is 4.79 Å². The third-order valence-electron chi connectivity index (χ3n) is 3.41. The highest BCUT2D eigenvalue weighted by Crippen LogP contribution is 2.17. The molecule has 0 aliphatic heterocycles. The van der Waals surface area contributed by atoms with E-state index in [1.165, 1.54) is 5.56 Å². The second kappa shape index (κ2) is 8.77. The van der Waals surface area contributed by atoms with Crippen LogP contribution in [-0.2, 0) is 4.74 Å². The van der Waals surface area contributed by atoms with Gasteiger partial charge in [-0.05, 0) is 65.3 Å². The lowest BCUT2D eigenvalue weighted by Gasteiger charge is -2.22. The fourth-order valence-corrected chi connectivity index (χ4v) is 2.11. The van der Waals surface area contributed by atoms with E-state index in [2.05, 4.69) is 29.7 Å². The Balaban J connectivity index is 2.30. The lowest BCUT2D eigenvalue weighted by Crippen LogP contribution is -2.39. The lowest BCUT2D eigenvalue weighted by molar-refractivity contribution is 0.0506. The number of alkyl carbamates (subject to hydrolysis) is 1. The Morgan fingerprint density at radius 1 is 1.17 bits per heavy atom. The Hall–Kier alpha value is -1.75. The van der Waals surface area contributed by atoms with Gasteiger partial charge in [0.25, 0.3) is 0 Å². The number of benzene rings is 1. The average molecular weight is 322 g/mol. The Morgan fingerprint density at radius 2 is 1.78 bits per heavy atom. The van der Waals surface area contributed by atoms with Crippen LogP contribution in [0.1, 0.15) is 52.6 Å². The number of methoxy groups -OCH3 is 1. The first kappa shape index (κ1) is 19.3. The van der Waals surface area contributed by atoms with Crippen LogP contribution in [0.5, 0.6) is 5.75 Å². The van der Waals surface area contributed by atoms with Crippen molar-refractivity contribution < 1.29 is 14.3 Å². The second-order valence-corrected chi connectivity index (χ2v) is 6.78. The first-order valence-electron chi connectivity index (χ1n) is 8.08. The quantitative estimate of drug-likeness (QED) is 0.804. The summed E-state index contributed by atoms with van der Waals surface area (Å²) < 4.78 is 10.4. The topological polar surface area (TPSA) is 59.6 Å². The predicted octanol–water partition coefficient (Wildman–Crippen LogP) is 3.65. The summed E-state index contributed by atoms with van der Waals surface area (Å²) in [6.07, 6.45) is 0.466. The maximum Gasteiger partial charge on any atom is 0.407 e. The zero-order valence-electron chi connectivity index (χ0n) is 15.1. The van der Waals surface area contributed by atoms with E-state index in [4.69, 9.17) is 9.47 Å². The van der Waals surface area contributed by atoms with Gasteiger partial charge in [0.15, 0.2) is 0 Å². The normalized spacial score (nSPS) is 14.0. The van der Waals surface area contributed by atoms with Crippen LogP contribution in [0.2, 0.25) is 0 Å². The van der Waals surface area contributed by atoms with E-state index in [1.807, 2.05) is 39.8 Å². The van der Waals surface area contributed by atoms with E-state index in [1.54, 1.807) is 7.11 Å². The fourth-order valence-electron chi connectivity index (χ4n) is 2.11. The van der Waals surface area contributed by atoms with Gasteiger partial charge in [-0.15, -0.1) is 0 Å². The van der Waals surface area contributed by atoms with Gasteiger partial charge in [0.2, 0.25) is 0 Å². The van der Waals surface area contributed by atoms with Crippen molar-refractivity contribution in [2.75, 3.05) is 13.7 Å². The highest BCUT2D eigenvalue weighted by Gasteiger charge is 2.17. The van der Waals surface area contributed by atoms with Gasteiger partial charge in [-0.25, -0.2) is 4.79 Å². The van der Waals surface area contributed by atoms with Crippen LogP contribution in [0.25, 0.3) is 0 Å². The van der Waals surface area contributed by atoms with E-state index in [0.29, 0.717) is 0 Å². The number of amides is 1. The molecule has 23 heavy (non-hydrogen) atoms. The molecule has 2 N–H and O–H groups in total. The summed E-state index contributed by atoms with van der Waals surface area (Å²) in [4.78, 5) is 11.7. The number of carbonyl (C=O) groups is 1. The van der Waals surface area contributed by atoms with Crippen molar-refractivity contribution in [3.8, 4) is 5.75 Å². The van der Waals surface area contributed by atoms with Gasteiger partial charge < -0.3 is 20.1 Å². The largest absolute Gasteiger partial charge is 0.497 e. The number of carbonyl (C=O) groups excluding carboxylic acids is 1. The highest BCUT2D eigenvalue weighted by atomic mass is 16.6. The van der Waals surface area contributed by atoms with Crippen LogP contribution in [0.4, 0.5) is 4.79 Å². The SMILES string of the molecule is COc1ccc(C(C)NCCC(C)NC(=O)OC(C)(C)C)cc1. The van der Waals surface area contributed by atoms with Crippen molar-refractivity contribution in [2.24, 2.45) is 0 Å². The molecule has 1 rings (SSSR count). The molecule has 0 fully saturated rings. The summed E-state index contributed by atoms with van der Waals surface area (Å²) in [5.74, 6) is 0.858. The van der Waals surface area contributed by atoms with Gasteiger partial charge in [0, 0.05) is 12.1 Å². The molecular weight excluding hydrogens is 292 g/mol. The fraction of sp³-hybridized carbons (Fsp3) is 0.611. The Morgan fingerprint density at radius 3 is 2.30 bits per heavy atom. The number of nitrogens with one attached hydrogen (secondary N) is 2. The molecule has 0 spiro atoms. The van der Waals surface area contributed by atoms with Gasteiger partial charge in [-0.2, -0.15) is 0 Å². The Kier molecular flexibility index (Phi) is 7.36. The molecule has 0 bridgehead atoms. The van der Waals surface area contributed by atoms with Crippen molar-refractivity contribution in [1.29, 1.82) is 0 Å². The smallest absolute Gasteiger partial charge is 0.407 e. The number of ether oxygens (including phenoxy) is 2. The molecule has 0 saturated carbocycles. The molecule has 0 aliphatic carbocycles. The zero-order valence-corrected chi connectivity index (χ0v) is 15.1. The summed E-state index contributed by atoms with van der Waals surface area (Å²) in [5, 5.41) is 6.30. The molecule has 2 unspecified atom stereocenters. The number of hydrogen-bond donors (Lipinski definition) is 2. The van der Waals surface area contributed by atoms with E-state index in [-0.39, 0.29) is 18.2 Å². The van der Waals surface area contributed by atoms with Crippen LogP contribution in [0, 0.1) is 0 Å². The molecule has 0 aromatic heterocycles. The van der Waals surface area contributed by atoms with Crippen LogP contribution in [0.3, 0.4) is 0 Å². The van der Waals surface area contributed by atoms with Crippen molar-refractivity contribution in [3.05, 3.63) is 29.8 Å². The third kappa shape index (κ3) is 7.88. The van der Waals surface area contributed by atoms with E-state index >= 15 is 0 Å². The molecule has 1 amide bonds. The average Bonchev–Trinajstić information content (AvgIpc) is 2.45. The molecule has 1 aromatic rings. The van der Waals surface area contributed by atoms with Gasteiger partial charge >= 0.3 is 6.09 Å². The molecule has 5 heteroatoms. The molecular formula is C18H30N2O3. The minimum Gasteiger partial charge on any atom is -0.497 e. The van der Waals surface area contributed by atoms with Crippen molar-refractivity contribution >= 4 is 6.09 Å². The maximum absolute atomic E-state index is 11.7. The summed E-state index contributed by atoms with van der Waals surface area (Å²) in [6.45, 7) is 10.5. The van der Waals surface area contributed by atoms with E-state index in [0.717, 1.165) is 18.7 Å². The zero-order chi connectivity index (χ0) is 17.5. The first-order valence-corrected chi connectivity index (χ1v) is 8.08. The predicted molar refractivity (Wildman–Crippen MR) is 92.9 cm³/mol. The molecule has 0 saturated heterocycles. The highest BCUT2D eigenvalue weighted by molar-refractivity contribution is 5.67. The summed E-state index contributed by atoms with van der Waals surface area (Å²) in [6, 6.07) is 8.33. The number of hydrogen-bond acceptors (Lipinski definition) is 4. The van der Waals surface area contributed by atoms with Crippen LogP contribution < -0.4 is 15.4 Å². The molecule has 5 nitrogen and oxygen atoms in total. The van der Waals surface area contributed by atoms with Crippen molar-refractivity contribution in [3.63, 3.8) is 0 Å². The molecule has 130 valence electrons. The molecule has 0 heterocycles. The lowest BCUT2D eigenvalue weighted by atomic mass is 10.1. The molecule has 0 aliphatic rings. The van der Waals surface area contributed by atoms with Crippen molar-refractivity contribution in [2.45, 2.75) is 58.7 Å². The molecule has 0 radical (unpaired) electrons. The van der Waals surface area contributed by atoms with Gasteiger partial charge in [-0.3, -0.25) is 0 Å². The van der Waals surface area contributed by atoms with Gasteiger partial charge in [0.05, 0.1) is 7.11 Å². The summed E-state index contributed by atoms with van der Waals surface area (Å²) in [5.41, 5.74) is 0.740. The van der Waals surface area contributed by atoms with Gasteiger partial charge in [0.1, 0.15) is 11.4 Å². The second-order valence-electron chi connectivity index (χ2n) is 6.78. The van der Waals surface area contributed by atoms with Crippen molar-refractivity contribution in [1.82, 2.24) is 10.6 Å². The first-order chi connectivity index (χ1) is 10.7. The Bertz CT molecular complexity index is 480. The van der Waals surface area contributed by atoms with Crippen LogP contribution >= 0.6 is 0 Å². The summed E-state index contributed by atoms with van der Waals surface area (Å²) in [7, 11) is 1.66. The third-order valence-corrected chi connectivity index (χ3v) is 3.41. The van der Waals surface area contributed by atoms with Crippen LogP contribution in [0.15, 0.2) is 24.3 Å². The maximum atomic E-state index is 11.7. The minimum absolute atomic E-state index is 0.0559. The minimum atomic E-state index is -0.467. The van der Waals surface area contributed by atoms with Gasteiger partial charge in [-0.1, -0.05) is 12.1 Å². The molecule has 2 atom stereocenters. The van der Waals surface area contributed by atoms with E-state index < -0.39 is 5.60 Å². The Labute approximate surface area is 139 Å². The standard InChI is InChI=1S/C18H30N2O3/c1-13(20-17(21)23-18(3,4)5)11-12-19-14(2)15-7-9-16(22-6)10-8-15/h7-10,13-14,19H,11-12H2,1-6H3,(H,20,21). The number of rotatable bonds is 7. The molecule has 1 aromatic carbocycles.